The van der Waals surface area contributed by atoms with Gasteiger partial charge in [-0.05, 0) is 49.7 Å². The molecule has 0 bridgehead atoms. The summed E-state index contributed by atoms with van der Waals surface area (Å²) in [6, 6.07) is 15.0. The fourth-order valence-electron chi connectivity index (χ4n) is 2.92. The highest BCUT2D eigenvalue weighted by atomic mass is 16.2. The lowest BCUT2D eigenvalue weighted by Crippen LogP contribution is -2.13. The summed E-state index contributed by atoms with van der Waals surface area (Å²) in [7, 11) is 1.82. The summed E-state index contributed by atoms with van der Waals surface area (Å²) >= 11 is 0. The third-order valence-corrected chi connectivity index (χ3v) is 4.22. The minimum atomic E-state index is -0.304. The molecule has 0 unspecified atom stereocenters. The number of aromatic nitrogens is 2. The number of hydrogen-bond donors (Lipinski definition) is 2. The van der Waals surface area contributed by atoms with Crippen molar-refractivity contribution in [3.63, 3.8) is 0 Å². The Hall–Kier alpha value is -3.41. The highest BCUT2D eigenvalue weighted by Crippen LogP contribution is 2.25. The number of aryl methyl sites for hydroxylation is 3. The lowest BCUT2D eigenvalue weighted by molar-refractivity contribution is -0.114. The maximum absolute atomic E-state index is 12.6. The first kappa shape index (κ1) is 18.4. The van der Waals surface area contributed by atoms with Gasteiger partial charge in [-0.15, -0.1) is 0 Å². The molecule has 2 amide bonds. The van der Waals surface area contributed by atoms with E-state index in [2.05, 4.69) is 33.9 Å². The number of hydrogen-bond acceptors (Lipinski definition) is 3. The lowest BCUT2D eigenvalue weighted by Gasteiger charge is -2.07. The first-order chi connectivity index (χ1) is 12.8. The predicted molar refractivity (Wildman–Crippen MR) is 107 cm³/mol. The summed E-state index contributed by atoms with van der Waals surface area (Å²) < 4.78 is 1.71. The Morgan fingerprint density at radius 3 is 2.37 bits per heavy atom. The second-order valence-corrected chi connectivity index (χ2v) is 6.57. The number of benzene rings is 2. The van der Waals surface area contributed by atoms with Crippen LogP contribution in [0, 0.1) is 13.8 Å². The van der Waals surface area contributed by atoms with E-state index in [1.807, 2.05) is 20.9 Å². The predicted octanol–water partition coefficient (Wildman–Crippen LogP) is 3.91. The Morgan fingerprint density at radius 1 is 0.963 bits per heavy atom. The minimum absolute atomic E-state index is 0.165. The van der Waals surface area contributed by atoms with Gasteiger partial charge in [-0.1, -0.05) is 23.8 Å². The molecule has 0 aliphatic carbocycles. The van der Waals surface area contributed by atoms with Crippen LogP contribution in [0.25, 0.3) is 11.3 Å². The highest BCUT2D eigenvalue weighted by molar-refractivity contribution is 6.04. The average molecular weight is 362 g/mol. The van der Waals surface area contributed by atoms with Crippen molar-refractivity contribution in [1.29, 1.82) is 0 Å². The Bertz CT molecular complexity index is 1020. The van der Waals surface area contributed by atoms with Gasteiger partial charge in [0, 0.05) is 30.9 Å². The van der Waals surface area contributed by atoms with E-state index in [1.165, 1.54) is 6.92 Å². The Morgan fingerprint density at radius 2 is 1.67 bits per heavy atom. The van der Waals surface area contributed by atoms with Gasteiger partial charge < -0.3 is 10.6 Å². The van der Waals surface area contributed by atoms with Gasteiger partial charge >= 0.3 is 0 Å². The molecule has 0 fully saturated rings. The van der Waals surface area contributed by atoms with Gasteiger partial charge in [0.05, 0.1) is 5.69 Å². The van der Waals surface area contributed by atoms with Crippen LogP contribution in [0.3, 0.4) is 0 Å². The maximum atomic E-state index is 12.6. The van der Waals surface area contributed by atoms with Crippen LogP contribution in [0.1, 0.15) is 28.5 Å². The maximum Gasteiger partial charge on any atom is 0.276 e. The van der Waals surface area contributed by atoms with Crippen LogP contribution < -0.4 is 10.6 Å². The van der Waals surface area contributed by atoms with Crippen molar-refractivity contribution in [3.8, 4) is 11.3 Å². The zero-order valence-corrected chi connectivity index (χ0v) is 15.8. The molecule has 27 heavy (non-hydrogen) atoms. The summed E-state index contributed by atoms with van der Waals surface area (Å²) in [5.74, 6) is -0.469. The molecule has 138 valence electrons. The van der Waals surface area contributed by atoms with Crippen molar-refractivity contribution in [1.82, 2.24) is 9.78 Å². The molecular weight excluding hydrogens is 340 g/mol. The average Bonchev–Trinajstić information content (AvgIpc) is 2.98. The van der Waals surface area contributed by atoms with E-state index in [0.29, 0.717) is 17.1 Å². The molecule has 2 N–H and O–H groups in total. The zero-order valence-electron chi connectivity index (χ0n) is 15.8. The van der Waals surface area contributed by atoms with Crippen LogP contribution in [-0.4, -0.2) is 21.6 Å². The van der Waals surface area contributed by atoms with Crippen molar-refractivity contribution in [2.75, 3.05) is 10.6 Å². The second kappa shape index (κ2) is 7.45. The molecule has 1 heterocycles. The quantitative estimate of drug-likeness (QED) is 0.739. The molecule has 2 aromatic carbocycles. The van der Waals surface area contributed by atoms with Crippen molar-refractivity contribution >= 4 is 23.2 Å². The van der Waals surface area contributed by atoms with Crippen LogP contribution in [0.15, 0.2) is 48.5 Å². The largest absolute Gasteiger partial charge is 0.326 e. The molecule has 1 aromatic heterocycles. The van der Waals surface area contributed by atoms with Gasteiger partial charge in [-0.2, -0.15) is 5.10 Å². The van der Waals surface area contributed by atoms with Gasteiger partial charge in [0.2, 0.25) is 5.91 Å². The third-order valence-electron chi connectivity index (χ3n) is 4.22. The van der Waals surface area contributed by atoms with E-state index in [4.69, 9.17) is 0 Å². The number of anilines is 2. The number of nitrogens with zero attached hydrogens (tertiary/aromatic N) is 2. The summed E-state index contributed by atoms with van der Waals surface area (Å²) in [6.45, 7) is 5.51. The van der Waals surface area contributed by atoms with E-state index in [1.54, 1.807) is 35.0 Å². The van der Waals surface area contributed by atoms with Crippen LogP contribution in [0.2, 0.25) is 0 Å². The summed E-state index contributed by atoms with van der Waals surface area (Å²) in [5, 5.41) is 9.88. The van der Waals surface area contributed by atoms with Crippen molar-refractivity contribution < 1.29 is 9.59 Å². The molecule has 3 aromatic rings. The van der Waals surface area contributed by atoms with Gasteiger partial charge in [0.25, 0.3) is 5.91 Å². The Labute approximate surface area is 158 Å². The van der Waals surface area contributed by atoms with Crippen molar-refractivity contribution in [2.45, 2.75) is 20.8 Å². The number of amides is 2. The first-order valence-corrected chi connectivity index (χ1v) is 8.64. The molecule has 0 atom stereocenters. The van der Waals surface area contributed by atoms with Crippen molar-refractivity contribution in [2.24, 2.45) is 7.05 Å². The van der Waals surface area contributed by atoms with E-state index < -0.39 is 0 Å². The fourth-order valence-corrected chi connectivity index (χ4v) is 2.92. The normalized spacial score (nSPS) is 10.5. The first-order valence-electron chi connectivity index (χ1n) is 8.64. The van der Waals surface area contributed by atoms with Gasteiger partial charge in [0.15, 0.2) is 5.69 Å². The Balaban J connectivity index is 1.84. The van der Waals surface area contributed by atoms with Crippen LogP contribution >= 0.6 is 0 Å². The van der Waals surface area contributed by atoms with Crippen LogP contribution in [-0.2, 0) is 11.8 Å². The smallest absolute Gasteiger partial charge is 0.276 e. The Kier molecular flexibility index (Phi) is 5.07. The van der Waals surface area contributed by atoms with Crippen LogP contribution in [0.5, 0.6) is 0 Å². The van der Waals surface area contributed by atoms with Crippen LogP contribution in [0.4, 0.5) is 11.4 Å². The number of nitrogens with one attached hydrogen (secondary N) is 2. The number of carbonyl (C=O) groups is 2. The topological polar surface area (TPSA) is 76.0 Å². The van der Waals surface area contributed by atoms with Gasteiger partial charge in [-0.3, -0.25) is 14.3 Å². The fraction of sp³-hybridized carbons (Fsp3) is 0.190. The zero-order chi connectivity index (χ0) is 19.6. The molecule has 0 saturated heterocycles. The summed E-state index contributed by atoms with van der Waals surface area (Å²) in [6.07, 6.45) is 0. The molecule has 0 radical (unpaired) electrons. The molecule has 0 spiro atoms. The van der Waals surface area contributed by atoms with E-state index in [0.717, 1.165) is 22.4 Å². The van der Waals surface area contributed by atoms with E-state index in [9.17, 15) is 9.59 Å². The van der Waals surface area contributed by atoms with Gasteiger partial charge in [0.1, 0.15) is 0 Å². The molecule has 6 heteroatoms. The number of carbonyl (C=O) groups excluding carboxylic acids is 2. The molecule has 0 aliphatic rings. The SMILES string of the molecule is CC(=O)Nc1cccc(NC(=O)c2cc(-c3cc(C)ccc3C)n(C)n2)c1. The standard InChI is InChI=1S/C21H22N4O2/c1-13-8-9-14(2)18(10-13)20-12-19(24-25(20)4)21(27)23-17-7-5-6-16(11-17)22-15(3)26/h5-12H,1-4H3,(H,22,26)(H,23,27). The second-order valence-electron chi connectivity index (χ2n) is 6.57. The highest BCUT2D eigenvalue weighted by Gasteiger charge is 2.15. The molecule has 0 saturated carbocycles. The number of rotatable bonds is 4. The molecule has 6 nitrogen and oxygen atoms in total. The molecular formula is C21H22N4O2. The minimum Gasteiger partial charge on any atom is -0.326 e. The summed E-state index contributed by atoms with van der Waals surface area (Å²) in [4.78, 5) is 23.8. The van der Waals surface area contributed by atoms with Gasteiger partial charge in [-0.25, -0.2) is 0 Å². The van der Waals surface area contributed by atoms with Crippen molar-refractivity contribution in [3.05, 3.63) is 65.4 Å². The monoisotopic (exact) mass is 362 g/mol. The van der Waals surface area contributed by atoms with E-state index >= 15 is 0 Å². The third kappa shape index (κ3) is 4.23. The lowest BCUT2D eigenvalue weighted by atomic mass is 10.0. The molecule has 0 aliphatic heterocycles. The summed E-state index contributed by atoms with van der Waals surface area (Å²) in [5.41, 5.74) is 5.75. The molecule has 3 rings (SSSR count). The van der Waals surface area contributed by atoms with E-state index in [-0.39, 0.29) is 11.8 Å².